The number of carboxylic acids is 1. The number of anilines is 1. The lowest BCUT2D eigenvalue weighted by Gasteiger charge is -2.34. The molecular weight excluding hydrogens is 293 g/mol. The Bertz CT molecular complexity index is 444. The average molecular weight is 304 g/mol. The molecule has 1 aliphatic rings. The SMILES string of the molecule is O=C(O)C1CNCCN1c1ncc(Br)cc1F. The molecule has 0 saturated carbocycles. The monoisotopic (exact) mass is 303 g/mol. The predicted octanol–water partition coefficient (Wildman–Crippen LogP) is 0.846. The summed E-state index contributed by atoms with van der Waals surface area (Å²) in [6.45, 7) is 1.32. The number of nitrogens with zero attached hydrogens (tertiary/aromatic N) is 2. The van der Waals surface area contributed by atoms with Crippen LogP contribution < -0.4 is 10.2 Å². The summed E-state index contributed by atoms with van der Waals surface area (Å²) in [4.78, 5) is 16.5. The van der Waals surface area contributed by atoms with E-state index in [-0.39, 0.29) is 12.4 Å². The Morgan fingerprint density at radius 3 is 3.12 bits per heavy atom. The molecule has 0 amide bonds. The Balaban J connectivity index is 2.32. The smallest absolute Gasteiger partial charge is 0.327 e. The lowest BCUT2D eigenvalue weighted by atomic mass is 10.2. The third kappa shape index (κ3) is 2.55. The quantitative estimate of drug-likeness (QED) is 0.848. The summed E-state index contributed by atoms with van der Waals surface area (Å²) < 4.78 is 14.3. The van der Waals surface area contributed by atoms with Crippen molar-refractivity contribution >= 4 is 27.7 Å². The maximum atomic E-state index is 13.7. The molecule has 7 heteroatoms. The van der Waals surface area contributed by atoms with Gasteiger partial charge in [-0.2, -0.15) is 0 Å². The second-order valence-corrected chi connectivity index (χ2v) is 4.63. The zero-order chi connectivity index (χ0) is 12.4. The molecule has 92 valence electrons. The highest BCUT2D eigenvalue weighted by molar-refractivity contribution is 9.10. The predicted molar refractivity (Wildman–Crippen MR) is 63.5 cm³/mol. The number of halogens is 2. The van der Waals surface area contributed by atoms with Crippen molar-refractivity contribution in [1.82, 2.24) is 10.3 Å². The molecule has 0 aliphatic carbocycles. The third-order valence-electron chi connectivity index (χ3n) is 2.59. The van der Waals surface area contributed by atoms with Crippen molar-refractivity contribution < 1.29 is 14.3 Å². The summed E-state index contributed by atoms with van der Waals surface area (Å²) in [5.41, 5.74) is 0. The number of hydrogen-bond donors (Lipinski definition) is 2. The minimum atomic E-state index is -0.985. The van der Waals surface area contributed by atoms with E-state index in [1.54, 1.807) is 0 Å². The molecule has 1 unspecified atom stereocenters. The largest absolute Gasteiger partial charge is 0.480 e. The molecule has 0 spiro atoms. The Morgan fingerprint density at radius 1 is 1.71 bits per heavy atom. The molecule has 1 fully saturated rings. The van der Waals surface area contributed by atoms with Gasteiger partial charge >= 0.3 is 5.97 Å². The minimum Gasteiger partial charge on any atom is -0.480 e. The number of carbonyl (C=O) groups is 1. The standard InChI is InChI=1S/C10H11BrFN3O2/c11-6-3-7(12)9(14-4-6)15-2-1-13-5-8(15)10(16)17/h3-4,8,13H,1-2,5H2,(H,16,17). The highest BCUT2D eigenvalue weighted by Crippen LogP contribution is 2.22. The number of nitrogens with one attached hydrogen (secondary N) is 1. The molecule has 0 bridgehead atoms. The van der Waals surface area contributed by atoms with Crippen LogP contribution in [0.4, 0.5) is 10.2 Å². The van der Waals surface area contributed by atoms with Crippen molar-refractivity contribution in [3.05, 3.63) is 22.6 Å². The maximum absolute atomic E-state index is 13.7. The normalized spacial score (nSPS) is 20.4. The molecule has 2 N–H and O–H groups in total. The van der Waals surface area contributed by atoms with Gasteiger partial charge in [-0.25, -0.2) is 14.2 Å². The fourth-order valence-electron chi connectivity index (χ4n) is 1.80. The lowest BCUT2D eigenvalue weighted by Crippen LogP contribution is -2.55. The molecule has 1 aromatic heterocycles. The van der Waals surface area contributed by atoms with Gasteiger partial charge in [-0.3, -0.25) is 0 Å². The Morgan fingerprint density at radius 2 is 2.47 bits per heavy atom. The molecule has 5 nitrogen and oxygen atoms in total. The van der Waals surface area contributed by atoms with Gasteiger partial charge in [0.2, 0.25) is 0 Å². The Hall–Kier alpha value is -1.21. The molecule has 0 radical (unpaired) electrons. The number of carboxylic acid groups (broad SMARTS) is 1. The summed E-state index contributed by atoms with van der Waals surface area (Å²) in [6.07, 6.45) is 1.46. The van der Waals surface area contributed by atoms with Crippen LogP contribution in [0, 0.1) is 5.82 Å². The van der Waals surface area contributed by atoms with E-state index in [1.807, 2.05) is 0 Å². The van der Waals surface area contributed by atoms with Crippen molar-refractivity contribution in [2.24, 2.45) is 0 Å². The zero-order valence-corrected chi connectivity index (χ0v) is 10.4. The number of aromatic nitrogens is 1. The van der Waals surface area contributed by atoms with Crippen LogP contribution in [0.15, 0.2) is 16.7 Å². The van der Waals surface area contributed by atoms with Crippen LogP contribution in [0.25, 0.3) is 0 Å². The molecular formula is C10H11BrFN3O2. The van der Waals surface area contributed by atoms with Crippen molar-refractivity contribution in [3.8, 4) is 0 Å². The van der Waals surface area contributed by atoms with Gasteiger partial charge in [-0.05, 0) is 22.0 Å². The molecule has 2 heterocycles. The van der Waals surface area contributed by atoms with E-state index in [4.69, 9.17) is 5.11 Å². The highest BCUT2D eigenvalue weighted by atomic mass is 79.9. The molecule has 0 aromatic carbocycles. The summed E-state index contributed by atoms with van der Waals surface area (Å²) in [7, 11) is 0. The van der Waals surface area contributed by atoms with E-state index >= 15 is 0 Å². The van der Waals surface area contributed by atoms with Gasteiger partial charge < -0.3 is 15.3 Å². The van der Waals surface area contributed by atoms with Gasteiger partial charge in [0.1, 0.15) is 6.04 Å². The van der Waals surface area contributed by atoms with Crippen LogP contribution in [0.2, 0.25) is 0 Å². The summed E-state index contributed by atoms with van der Waals surface area (Å²) in [6, 6.07) is 0.496. The molecule has 1 saturated heterocycles. The summed E-state index contributed by atoms with van der Waals surface area (Å²) in [5.74, 6) is -1.42. The number of hydrogen-bond acceptors (Lipinski definition) is 4. The molecule has 2 rings (SSSR count). The first kappa shape index (κ1) is 12.3. The van der Waals surface area contributed by atoms with Crippen LogP contribution in [-0.2, 0) is 4.79 Å². The van der Waals surface area contributed by atoms with Crippen molar-refractivity contribution in [3.63, 3.8) is 0 Å². The topological polar surface area (TPSA) is 65.5 Å². The second-order valence-electron chi connectivity index (χ2n) is 3.71. The second kappa shape index (κ2) is 4.97. The van der Waals surface area contributed by atoms with Crippen LogP contribution in [0.1, 0.15) is 0 Å². The first-order valence-electron chi connectivity index (χ1n) is 5.11. The Labute approximate surface area is 106 Å². The molecule has 1 aliphatic heterocycles. The fraction of sp³-hybridized carbons (Fsp3) is 0.400. The molecule has 17 heavy (non-hydrogen) atoms. The fourth-order valence-corrected chi connectivity index (χ4v) is 2.10. The number of pyridine rings is 1. The van der Waals surface area contributed by atoms with Gasteiger partial charge in [0.05, 0.1) is 0 Å². The van der Waals surface area contributed by atoms with Gasteiger partial charge in [0.15, 0.2) is 11.6 Å². The van der Waals surface area contributed by atoms with Crippen LogP contribution in [0.5, 0.6) is 0 Å². The third-order valence-corrected chi connectivity index (χ3v) is 3.02. The highest BCUT2D eigenvalue weighted by Gasteiger charge is 2.30. The molecule has 1 aromatic rings. The van der Waals surface area contributed by atoms with Crippen LogP contribution in [-0.4, -0.2) is 41.7 Å². The van der Waals surface area contributed by atoms with E-state index in [2.05, 4.69) is 26.2 Å². The summed E-state index contributed by atoms with van der Waals surface area (Å²) >= 11 is 3.11. The van der Waals surface area contributed by atoms with Gasteiger partial charge in [0.25, 0.3) is 0 Å². The summed E-state index contributed by atoms with van der Waals surface area (Å²) in [5, 5.41) is 12.0. The van der Waals surface area contributed by atoms with Crippen molar-refractivity contribution in [1.29, 1.82) is 0 Å². The van der Waals surface area contributed by atoms with E-state index in [1.165, 1.54) is 17.2 Å². The van der Waals surface area contributed by atoms with Crippen molar-refractivity contribution in [2.45, 2.75) is 6.04 Å². The lowest BCUT2D eigenvalue weighted by molar-refractivity contribution is -0.138. The maximum Gasteiger partial charge on any atom is 0.327 e. The number of aliphatic carboxylic acids is 1. The number of rotatable bonds is 2. The zero-order valence-electron chi connectivity index (χ0n) is 8.86. The van der Waals surface area contributed by atoms with Crippen molar-refractivity contribution in [2.75, 3.05) is 24.5 Å². The van der Waals surface area contributed by atoms with E-state index in [0.717, 1.165) is 0 Å². The molecule has 1 atom stereocenters. The van der Waals surface area contributed by atoms with E-state index in [9.17, 15) is 9.18 Å². The van der Waals surface area contributed by atoms with Gasteiger partial charge in [0, 0.05) is 30.3 Å². The first-order valence-corrected chi connectivity index (χ1v) is 5.90. The van der Waals surface area contributed by atoms with E-state index < -0.39 is 17.8 Å². The van der Waals surface area contributed by atoms with E-state index in [0.29, 0.717) is 17.6 Å². The minimum absolute atomic E-state index is 0.0853. The van der Waals surface area contributed by atoms with Crippen LogP contribution >= 0.6 is 15.9 Å². The Kier molecular flexibility index (Phi) is 3.58. The van der Waals surface area contributed by atoms with Crippen LogP contribution in [0.3, 0.4) is 0 Å². The van der Waals surface area contributed by atoms with Gasteiger partial charge in [-0.1, -0.05) is 0 Å². The number of piperazine rings is 1. The first-order chi connectivity index (χ1) is 8.09. The van der Waals surface area contributed by atoms with Gasteiger partial charge in [-0.15, -0.1) is 0 Å². The average Bonchev–Trinajstić information content (AvgIpc) is 2.29.